The lowest BCUT2D eigenvalue weighted by Crippen LogP contribution is -2.61. The number of likely N-dealkylation sites (N-methyl/N-ethyl adjacent to an activating group) is 1. The van der Waals surface area contributed by atoms with Crippen molar-refractivity contribution in [3.05, 3.63) is 29.8 Å². The molecule has 1 aromatic carbocycles. The Morgan fingerprint density at radius 1 is 1.33 bits per heavy atom. The molecule has 2 unspecified atom stereocenters. The van der Waals surface area contributed by atoms with E-state index in [1.807, 2.05) is 19.1 Å². The van der Waals surface area contributed by atoms with Crippen molar-refractivity contribution >= 4 is 17.6 Å². The molecule has 2 saturated heterocycles. The van der Waals surface area contributed by atoms with E-state index in [9.17, 15) is 9.59 Å². The highest BCUT2D eigenvalue weighted by Crippen LogP contribution is 2.31. The Bertz CT molecular complexity index is 575. The fraction of sp³-hybridized carbons (Fsp3) is 0.467. The van der Waals surface area contributed by atoms with Crippen LogP contribution in [0.25, 0.3) is 0 Å². The number of imide groups is 1. The third-order valence-corrected chi connectivity index (χ3v) is 4.17. The van der Waals surface area contributed by atoms with Crippen LogP contribution in [0.2, 0.25) is 0 Å². The van der Waals surface area contributed by atoms with Crippen LogP contribution in [0.3, 0.4) is 0 Å². The van der Waals surface area contributed by atoms with Crippen LogP contribution in [0, 0.1) is 5.92 Å². The summed E-state index contributed by atoms with van der Waals surface area (Å²) < 4.78 is 5.41. The van der Waals surface area contributed by atoms with Crippen LogP contribution < -0.4 is 10.6 Å². The molecule has 6 heteroatoms. The predicted molar refractivity (Wildman–Crippen MR) is 77.7 cm³/mol. The highest BCUT2D eigenvalue weighted by atomic mass is 16.5. The molecule has 6 nitrogen and oxygen atoms in total. The van der Waals surface area contributed by atoms with Crippen LogP contribution >= 0.6 is 0 Å². The SMILES string of the molecule is CCN1C(=O)N(c2cccc(CN)c2)C(=O)C2COCC21. The average molecular weight is 289 g/mol. The van der Waals surface area contributed by atoms with Gasteiger partial charge in [0.2, 0.25) is 5.91 Å². The lowest BCUT2D eigenvalue weighted by atomic mass is 9.97. The highest BCUT2D eigenvalue weighted by molar-refractivity contribution is 6.17. The highest BCUT2D eigenvalue weighted by Gasteiger charge is 2.49. The van der Waals surface area contributed by atoms with Crippen molar-refractivity contribution in [1.29, 1.82) is 0 Å². The van der Waals surface area contributed by atoms with Gasteiger partial charge in [-0.3, -0.25) is 4.79 Å². The van der Waals surface area contributed by atoms with Gasteiger partial charge in [-0.15, -0.1) is 0 Å². The number of carbonyl (C=O) groups excluding carboxylic acids is 2. The molecule has 0 aromatic heterocycles. The maximum absolute atomic E-state index is 12.7. The Labute approximate surface area is 123 Å². The van der Waals surface area contributed by atoms with Gasteiger partial charge < -0.3 is 15.4 Å². The fourth-order valence-electron chi connectivity index (χ4n) is 3.05. The number of ether oxygens (including phenoxy) is 1. The van der Waals surface area contributed by atoms with Crippen LogP contribution in [0.1, 0.15) is 12.5 Å². The van der Waals surface area contributed by atoms with Crippen LogP contribution in [0.4, 0.5) is 10.5 Å². The van der Waals surface area contributed by atoms with Gasteiger partial charge in [-0.2, -0.15) is 0 Å². The smallest absolute Gasteiger partial charge is 0.331 e. The van der Waals surface area contributed by atoms with Gasteiger partial charge in [0.15, 0.2) is 0 Å². The number of rotatable bonds is 3. The molecule has 2 atom stereocenters. The van der Waals surface area contributed by atoms with E-state index in [0.29, 0.717) is 32.0 Å². The Balaban J connectivity index is 1.99. The standard InChI is InChI=1S/C15H19N3O3/c1-2-17-13-9-21-8-12(13)14(19)18(15(17)20)11-5-3-4-10(6-11)7-16/h3-6,12-13H,2,7-9,16H2,1H3. The zero-order chi connectivity index (χ0) is 15.0. The van der Waals surface area contributed by atoms with Crippen molar-refractivity contribution < 1.29 is 14.3 Å². The van der Waals surface area contributed by atoms with Gasteiger partial charge >= 0.3 is 6.03 Å². The molecule has 2 aliphatic heterocycles. The molecule has 2 aliphatic rings. The summed E-state index contributed by atoms with van der Waals surface area (Å²) in [5.74, 6) is -0.453. The second-order valence-corrected chi connectivity index (χ2v) is 5.33. The van der Waals surface area contributed by atoms with E-state index >= 15 is 0 Å². The van der Waals surface area contributed by atoms with Crippen LogP contribution in [-0.4, -0.2) is 42.6 Å². The number of hydrogen-bond donors (Lipinski definition) is 1. The van der Waals surface area contributed by atoms with Crippen molar-refractivity contribution in [1.82, 2.24) is 4.90 Å². The molecule has 21 heavy (non-hydrogen) atoms. The first-order valence-electron chi connectivity index (χ1n) is 7.18. The summed E-state index contributed by atoms with van der Waals surface area (Å²) in [6.07, 6.45) is 0. The molecule has 2 fully saturated rings. The van der Waals surface area contributed by atoms with Gasteiger partial charge in [-0.25, -0.2) is 9.69 Å². The number of carbonyl (C=O) groups is 2. The van der Waals surface area contributed by atoms with E-state index in [2.05, 4.69) is 0 Å². The number of urea groups is 1. The molecule has 3 amide bonds. The average Bonchev–Trinajstić information content (AvgIpc) is 2.98. The number of hydrogen-bond acceptors (Lipinski definition) is 4. The molecule has 112 valence electrons. The minimum atomic E-state index is -0.275. The molecule has 0 radical (unpaired) electrons. The van der Waals surface area contributed by atoms with Gasteiger partial charge in [0.25, 0.3) is 0 Å². The Morgan fingerprint density at radius 3 is 2.86 bits per heavy atom. The maximum Gasteiger partial charge on any atom is 0.331 e. The lowest BCUT2D eigenvalue weighted by Gasteiger charge is -2.40. The number of nitrogens with two attached hydrogens (primary N) is 1. The van der Waals surface area contributed by atoms with Gasteiger partial charge in [0.05, 0.1) is 30.9 Å². The molecular formula is C15H19N3O3. The largest absolute Gasteiger partial charge is 0.378 e. The van der Waals surface area contributed by atoms with Crippen LogP contribution in [0.5, 0.6) is 0 Å². The summed E-state index contributed by atoms with van der Waals surface area (Å²) in [6.45, 7) is 3.66. The summed E-state index contributed by atoms with van der Waals surface area (Å²) in [6, 6.07) is 6.83. The normalized spacial score (nSPS) is 25.4. The van der Waals surface area contributed by atoms with Crippen molar-refractivity contribution in [3.63, 3.8) is 0 Å². The second kappa shape index (κ2) is 5.46. The first-order chi connectivity index (χ1) is 10.2. The van der Waals surface area contributed by atoms with Crippen molar-refractivity contribution in [2.75, 3.05) is 24.7 Å². The summed E-state index contributed by atoms with van der Waals surface area (Å²) in [5, 5.41) is 0. The Morgan fingerprint density at radius 2 is 2.14 bits per heavy atom. The summed E-state index contributed by atoms with van der Waals surface area (Å²) >= 11 is 0. The first-order valence-corrected chi connectivity index (χ1v) is 7.18. The number of anilines is 1. The molecule has 0 saturated carbocycles. The third kappa shape index (κ3) is 2.20. The summed E-state index contributed by atoms with van der Waals surface area (Å²) in [4.78, 5) is 28.3. The Kier molecular flexibility index (Phi) is 3.65. The zero-order valence-electron chi connectivity index (χ0n) is 12.0. The van der Waals surface area contributed by atoms with Crippen LogP contribution in [-0.2, 0) is 16.1 Å². The summed E-state index contributed by atoms with van der Waals surface area (Å²) in [5.41, 5.74) is 7.11. The van der Waals surface area contributed by atoms with Gasteiger partial charge in [-0.05, 0) is 24.6 Å². The van der Waals surface area contributed by atoms with Crippen LogP contribution in [0.15, 0.2) is 24.3 Å². The third-order valence-electron chi connectivity index (χ3n) is 4.17. The number of benzene rings is 1. The lowest BCUT2D eigenvalue weighted by molar-refractivity contribution is -0.124. The van der Waals surface area contributed by atoms with Gasteiger partial charge in [0, 0.05) is 13.1 Å². The molecular weight excluding hydrogens is 270 g/mol. The molecule has 2 heterocycles. The predicted octanol–water partition coefficient (Wildman–Crippen LogP) is 0.949. The van der Waals surface area contributed by atoms with E-state index in [1.54, 1.807) is 17.0 Å². The number of amides is 3. The van der Waals surface area contributed by atoms with E-state index < -0.39 is 0 Å². The summed E-state index contributed by atoms with van der Waals surface area (Å²) in [7, 11) is 0. The number of fused-ring (bicyclic) bond motifs is 1. The minimum Gasteiger partial charge on any atom is -0.378 e. The monoisotopic (exact) mass is 289 g/mol. The molecule has 1 aromatic rings. The topological polar surface area (TPSA) is 75.9 Å². The van der Waals surface area contributed by atoms with Crippen molar-refractivity contribution in [2.24, 2.45) is 11.7 Å². The van der Waals surface area contributed by atoms with E-state index in [0.717, 1.165) is 5.56 Å². The molecule has 0 bridgehead atoms. The van der Waals surface area contributed by atoms with Gasteiger partial charge in [-0.1, -0.05) is 12.1 Å². The molecule has 0 spiro atoms. The Hall–Kier alpha value is -1.92. The van der Waals surface area contributed by atoms with Crippen molar-refractivity contribution in [3.8, 4) is 0 Å². The van der Waals surface area contributed by atoms with E-state index in [1.165, 1.54) is 4.90 Å². The fourth-order valence-corrected chi connectivity index (χ4v) is 3.05. The molecule has 2 N–H and O–H groups in total. The zero-order valence-corrected chi connectivity index (χ0v) is 12.0. The van der Waals surface area contributed by atoms with Gasteiger partial charge in [0.1, 0.15) is 0 Å². The van der Waals surface area contributed by atoms with Crippen molar-refractivity contribution in [2.45, 2.75) is 19.5 Å². The number of nitrogens with zero attached hydrogens (tertiary/aromatic N) is 2. The molecule has 0 aliphatic carbocycles. The minimum absolute atomic E-state index is 0.135. The first kappa shape index (κ1) is 14.0. The quantitative estimate of drug-likeness (QED) is 0.899. The second-order valence-electron chi connectivity index (χ2n) is 5.33. The van der Waals surface area contributed by atoms with E-state index in [4.69, 9.17) is 10.5 Å². The van der Waals surface area contributed by atoms with E-state index in [-0.39, 0.29) is 23.9 Å². The maximum atomic E-state index is 12.7. The molecule has 3 rings (SSSR count).